The third-order valence-corrected chi connectivity index (χ3v) is 8.85. The molecule has 32 heavy (non-hydrogen) atoms. The Bertz CT molecular complexity index is 1050. The maximum Gasteiger partial charge on any atom is 0.258 e. The van der Waals surface area contributed by atoms with Gasteiger partial charge in [-0.1, -0.05) is 6.07 Å². The molecule has 1 amide bonds. The molecule has 5 fully saturated rings. The number of hydrogen-bond acceptors (Lipinski definition) is 3. The molecule has 5 heteroatoms. The second-order valence-corrected chi connectivity index (χ2v) is 11.3. The van der Waals surface area contributed by atoms with Gasteiger partial charge in [0.05, 0.1) is 0 Å². The number of benzene rings is 1. The van der Waals surface area contributed by atoms with Crippen LogP contribution in [0.4, 0.5) is 5.69 Å². The third kappa shape index (κ3) is 3.79. The number of rotatable bonds is 6. The molecule has 1 aromatic heterocycles. The summed E-state index contributed by atoms with van der Waals surface area (Å²) in [6.45, 7) is 3.93. The van der Waals surface area contributed by atoms with Crippen molar-refractivity contribution in [3.05, 3.63) is 40.8 Å². The first-order valence-corrected chi connectivity index (χ1v) is 12.7. The maximum atomic E-state index is 13.1. The molecule has 2 heterocycles. The van der Waals surface area contributed by atoms with E-state index in [1.807, 2.05) is 35.0 Å². The molecule has 0 atom stereocenters. The highest BCUT2D eigenvalue weighted by atomic mass is 16.1. The normalized spacial score (nSPS) is 31.4. The Morgan fingerprint density at radius 2 is 1.62 bits per heavy atom. The van der Waals surface area contributed by atoms with Crippen molar-refractivity contribution in [3.63, 3.8) is 0 Å². The minimum absolute atomic E-state index is 0.0406. The van der Waals surface area contributed by atoms with Gasteiger partial charge in [0, 0.05) is 42.2 Å². The lowest BCUT2D eigenvalue weighted by Crippen LogP contribution is -2.47. The van der Waals surface area contributed by atoms with E-state index in [1.54, 1.807) is 0 Å². The maximum absolute atomic E-state index is 13.1. The average molecular weight is 434 g/mol. The molecule has 1 aromatic carbocycles. The predicted molar refractivity (Wildman–Crippen MR) is 128 cm³/mol. The van der Waals surface area contributed by atoms with Crippen LogP contribution in [0.1, 0.15) is 57.8 Å². The van der Waals surface area contributed by atoms with Crippen LogP contribution < -0.4 is 10.9 Å². The first kappa shape index (κ1) is 20.5. The quantitative estimate of drug-likeness (QED) is 0.722. The Hall–Kier alpha value is -2.14. The third-order valence-electron chi connectivity index (χ3n) is 8.85. The summed E-state index contributed by atoms with van der Waals surface area (Å²) >= 11 is 0. The smallest absolute Gasteiger partial charge is 0.258 e. The SMILES string of the molecule is O=C(CC12CC3CC(CC(C3)C1)C2)Nc1cccc2c(=O)n(CCN3CCCC3)ccc12. The van der Waals surface area contributed by atoms with Gasteiger partial charge in [0.15, 0.2) is 0 Å². The van der Waals surface area contributed by atoms with E-state index in [-0.39, 0.29) is 16.9 Å². The molecule has 1 saturated heterocycles. The minimum atomic E-state index is 0.0406. The zero-order chi connectivity index (χ0) is 21.7. The summed E-state index contributed by atoms with van der Waals surface area (Å²) in [6.07, 6.45) is 13.0. The number of anilines is 1. The van der Waals surface area contributed by atoms with Crippen LogP contribution >= 0.6 is 0 Å². The van der Waals surface area contributed by atoms with Gasteiger partial charge in [-0.3, -0.25) is 9.59 Å². The van der Waals surface area contributed by atoms with Gasteiger partial charge in [-0.25, -0.2) is 0 Å². The van der Waals surface area contributed by atoms with Crippen molar-refractivity contribution in [3.8, 4) is 0 Å². The van der Waals surface area contributed by atoms with Crippen LogP contribution in [0.15, 0.2) is 35.3 Å². The zero-order valence-electron chi connectivity index (χ0n) is 19.0. The molecular formula is C27H35N3O2. The summed E-state index contributed by atoms with van der Waals surface area (Å²) in [7, 11) is 0. The molecular weight excluding hydrogens is 398 g/mol. The molecule has 2 aromatic rings. The number of pyridine rings is 1. The first-order valence-electron chi connectivity index (χ1n) is 12.7. The monoisotopic (exact) mass is 433 g/mol. The molecule has 4 saturated carbocycles. The van der Waals surface area contributed by atoms with Crippen LogP contribution in [-0.2, 0) is 11.3 Å². The fourth-order valence-electron chi connectivity index (χ4n) is 7.90. The van der Waals surface area contributed by atoms with E-state index in [0.717, 1.165) is 55.0 Å². The van der Waals surface area contributed by atoms with Crippen molar-refractivity contribution in [2.75, 3.05) is 25.0 Å². The molecule has 5 aliphatic rings. The number of nitrogens with one attached hydrogen (secondary N) is 1. The second-order valence-electron chi connectivity index (χ2n) is 11.3. The zero-order valence-corrected chi connectivity index (χ0v) is 19.0. The number of carbonyl (C=O) groups excluding carboxylic acids is 1. The number of fused-ring (bicyclic) bond motifs is 1. The molecule has 5 nitrogen and oxygen atoms in total. The van der Waals surface area contributed by atoms with E-state index in [1.165, 1.54) is 51.4 Å². The Morgan fingerprint density at radius 3 is 2.31 bits per heavy atom. The number of aromatic nitrogens is 1. The van der Waals surface area contributed by atoms with Crippen molar-refractivity contribution in [1.82, 2.24) is 9.47 Å². The largest absolute Gasteiger partial charge is 0.325 e. The van der Waals surface area contributed by atoms with E-state index in [0.29, 0.717) is 11.8 Å². The molecule has 4 bridgehead atoms. The lowest BCUT2D eigenvalue weighted by Gasteiger charge is -2.56. The lowest BCUT2D eigenvalue weighted by molar-refractivity contribution is -0.124. The van der Waals surface area contributed by atoms with Gasteiger partial charge in [-0.05, 0) is 106 Å². The van der Waals surface area contributed by atoms with Crippen molar-refractivity contribution in [2.24, 2.45) is 23.2 Å². The van der Waals surface area contributed by atoms with Gasteiger partial charge in [-0.15, -0.1) is 0 Å². The Morgan fingerprint density at radius 1 is 0.938 bits per heavy atom. The van der Waals surface area contributed by atoms with E-state index < -0.39 is 0 Å². The summed E-state index contributed by atoms with van der Waals surface area (Å²) in [6, 6.07) is 7.72. The molecule has 170 valence electrons. The fourth-order valence-corrected chi connectivity index (χ4v) is 7.90. The van der Waals surface area contributed by atoms with Gasteiger partial charge in [0.1, 0.15) is 0 Å². The van der Waals surface area contributed by atoms with Gasteiger partial charge in [0.2, 0.25) is 5.91 Å². The molecule has 1 aliphatic heterocycles. The van der Waals surface area contributed by atoms with E-state index in [9.17, 15) is 9.59 Å². The average Bonchev–Trinajstić information content (AvgIpc) is 3.26. The number of likely N-dealkylation sites (tertiary alicyclic amines) is 1. The summed E-state index contributed by atoms with van der Waals surface area (Å²) < 4.78 is 1.82. The van der Waals surface area contributed by atoms with Crippen molar-refractivity contribution in [1.29, 1.82) is 0 Å². The number of carbonyl (C=O) groups is 1. The predicted octanol–water partition coefficient (Wildman–Crippen LogP) is 4.64. The fraction of sp³-hybridized carbons (Fsp3) is 0.630. The standard InChI is InChI=1S/C27H35N3O2/c31-25(18-27-15-19-12-20(16-27)14-21(13-19)17-27)28-24-5-3-4-23-22(24)6-9-30(26(23)32)11-10-29-7-1-2-8-29/h3-6,9,19-21H,1-2,7-8,10-18H2,(H,28,31). The van der Waals surface area contributed by atoms with Crippen molar-refractivity contribution < 1.29 is 4.79 Å². The van der Waals surface area contributed by atoms with Crippen LogP contribution in [0.3, 0.4) is 0 Å². The Kier molecular flexibility index (Phi) is 5.13. The molecule has 0 unspecified atom stereocenters. The topological polar surface area (TPSA) is 54.3 Å². The highest BCUT2D eigenvalue weighted by Gasteiger charge is 2.51. The molecule has 4 aliphatic carbocycles. The number of nitrogens with zero attached hydrogens (tertiary/aromatic N) is 2. The highest BCUT2D eigenvalue weighted by molar-refractivity contribution is 6.02. The van der Waals surface area contributed by atoms with Crippen LogP contribution in [0.5, 0.6) is 0 Å². The highest BCUT2D eigenvalue weighted by Crippen LogP contribution is 2.61. The van der Waals surface area contributed by atoms with Gasteiger partial charge in [0.25, 0.3) is 5.56 Å². The minimum Gasteiger partial charge on any atom is -0.325 e. The lowest BCUT2D eigenvalue weighted by atomic mass is 9.49. The van der Waals surface area contributed by atoms with Gasteiger partial charge >= 0.3 is 0 Å². The first-order chi connectivity index (χ1) is 15.6. The molecule has 0 spiro atoms. The van der Waals surface area contributed by atoms with Gasteiger partial charge < -0.3 is 14.8 Å². The van der Waals surface area contributed by atoms with Crippen LogP contribution in [0.25, 0.3) is 10.8 Å². The van der Waals surface area contributed by atoms with Crippen LogP contribution in [-0.4, -0.2) is 35.0 Å². The molecule has 0 radical (unpaired) electrons. The Labute approximate surface area is 190 Å². The number of amides is 1. The summed E-state index contributed by atoms with van der Waals surface area (Å²) in [5.41, 5.74) is 1.05. The van der Waals surface area contributed by atoms with Crippen molar-refractivity contribution >= 4 is 22.4 Å². The van der Waals surface area contributed by atoms with Crippen LogP contribution in [0.2, 0.25) is 0 Å². The van der Waals surface area contributed by atoms with E-state index in [2.05, 4.69) is 10.2 Å². The van der Waals surface area contributed by atoms with Crippen molar-refractivity contribution in [2.45, 2.75) is 64.3 Å². The summed E-state index contributed by atoms with van der Waals surface area (Å²) in [5, 5.41) is 4.74. The summed E-state index contributed by atoms with van der Waals surface area (Å²) in [4.78, 5) is 28.7. The van der Waals surface area contributed by atoms with E-state index in [4.69, 9.17) is 0 Å². The number of hydrogen-bond donors (Lipinski definition) is 1. The van der Waals surface area contributed by atoms with Crippen LogP contribution in [0, 0.1) is 23.2 Å². The Balaban J connectivity index is 1.18. The molecule has 7 rings (SSSR count). The van der Waals surface area contributed by atoms with E-state index >= 15 is 0 Å². The molecule has 1 N–H and O–H groups in total. The second kappa shape index (κ2) is 8.02. The van der Waals surface area contributed by atoms with Gasteiger partial charge in [-0.2, -0.15) is 0 Å². The summed E-state index contributed by atoms with van der Waals surface area (Å²) in [5.74, 6) is 2.68.